The molecule has 2 atom stereocenters. The average molecular weight is 320 g/mol. The first-order valence-corrected chi connectivity index (χ1v) is 8.54. The van der Waals surface area contributed by atoms with Crippen molar-refractivity contribution in [2.75, 3.05) is 13.1 Å². The van der Waals surface area contributed by atoms with Crippen molar-refractivity contribution in [1.82, 2.24) is 4.90 Å². The van der Waals surface area contributed by atoms with Gasteiger partial charge < -0.3 is 4.90 Å². The van der Waals surface area contributed by atoms with Gasteiger partial charge >= 0.3 is 0 Å². The lowest BCUT2D eigenvalue weighted by molar-refractivity contribution is 0.0780. The highest BCUT2D eigenvalue weighted by atomic mass is 35.7. The normalized spacial score (nSPS) is 23.1. The van der Waals surface area contributed by atoms with Crippen molar-refractivity contribution < 1.29 is 17.6 Å². The lowest BCUT2D eigenvalue weighted by Crippen LogP contribution is -2.30. The van der Waals surface area contributed by atoms with E-state index in [4.69, 9.17) is 10.7 Å². The Morgan fingerprint density at radius 1 is 1.30 bits per heavy atom. The minimum atomic E-state index is -4.09. The van der Waals surface area contributed by atoms with Crippen LogP contribution in [0.2, 0.25) is 0 Å². The van der Waals surface area contributed by atoms with Crippen LogP contribution in [0.5, 0.6) is 0 Å². The first-order valence-electron chi connectivity index (χ1n) is 6.23. The van der Waals surface area contributed by atoms with E-state index >= 15 is 0 Å². The Kier molecular flexibility index (Phi) is 4.07. The Balaban J connectivity index is 2.42. The van der Waals surface area contributed by atoms with Gasteiger partial charge in [-0.05, 0) is 30.0 Å². The van der Waals surface area contributed by atoms with Crippen LogP contribution in [0, 0.1) is 17.7 Å². The average Bonchev–Trinajstić information content (AvgIpc) is 2.67. The molecule has 2 unspecified atom stereocenters. The molecule has 1 aliphatic heterocycles. The number of nitrogens with zero attached hydrogens (tertiary/aromatic N) is 1. The zero-order valence-corrected chi connectivity index (χ0v) is 12.7. The molecule has 0 bridgehead atoms. The molecule has 2 rings (SSSR count). The number of carbonyl (C=O) groups excluding carboxylic acids is 1. The smallest absolute Gasteiger partial charge is 0.262 e. The van der Waals surface area contributed by atoms with Gasteiger partial charge in [-0.15, -0.1) is 0 Å². The number of hydrogen-bond acceptors (Lipinski definition) is 3. The van der Waals surface area contributed by atoms with Crippen LogP contribution >= 0.6 is 10.7 Å². The van der Waals surface area contributed by atoms with Crippen LogP contribution in [0.15, 0.2) is 23.1 Å². The molecule has 1 aromatic rings. The van der Waals surface area contributed by atoms with Crippen LogP contribution in [0.3, 0.4) is 0 Å². The van der Waals surface area contributed by atoms with Gasteiger partial charge in [0.1, 0.15) is 5.82 Å². The van der Waals surface area contributed by atoms with Crippen LogP contribution in [0.25, 0.3) is 0 Å². The molecule has 0 spiro atoms. The van der Waals surface area contributed by atoms with Gasteiger partial charge in [0.25, 0.3) is 15.0 Å². The van der Waals surface area contributed by atoms with E-state index in [-0.39, 0.29) is 10.5 Å². The Bertz CT molecular complexity index is 637. The van der Waals surface area contributed by atoms with Gasteiger partial charge in [0, 0.05) is 23.8 Å². The maximum atomic E-state index is 13.3. The molecule has 1 heterocycles. The molecule has 110 valence electrons. The topological polar surface area (TPSA) is 54.5 Å². The minimum Gasteiger partial charge on any atom is -0.338 e. The van der Waals surface area contributed by atoms with Crippen LogP contribution in [-0.4, -0.2) is 32.3 Å². The molecular formula is C13H15ClFNO3S. The number of halogens is 2. The van der Waals surface area contributed by atoms with Gasteiger partial charge in [-0.3, -0.25) is 4.79 Å². The van der Waals surface area contributed by atoms with Crippen molar-refractivity contribution in [2.24, 2.45) is 11.8 Å². The third kappa shape index (κ3) is 2.96. The number of amides is 1. The molecule has 1 aromatic carbocycles. The van der Waals surface area contributed by atoms with Gasteiger partial charge in [-0.2, -0.15) is 0 Å². The van der Waals surface area contributed by atoms with E-state index in [9.17, 15) is 17.6 Å². The molecule has 0 saturated carbocycles. The fourth-order valence-corrected chi connectivity index (χ4v) is 3.39. The molecule has 1 fully saturated rings. The van der Waals surface area contributed by atoms with Crippen molar-refractivity contribution in [2.45, 2.75) is 18.7 Å². The van der Waals surface area contributed by atoms with E-state index < -0.39 is 20.8 Å². The molecule has 1 saturated heterocycles. The molecule has 7 heteroatoms. The summed E-state index contributed by atoms with van der Waals surface area (Å²) in [4.78, 5) is 13.6. The highest BCUT2D eigenvalue weighted by molar-refractivity contribution is 8.13. The molecule has 0 aliphatic carbocycles. The van der Waals surface area contributed by atoms with Crippen LogP contribution in [-0.2, 0) is 9.05 Å². The van der Waals surface area contributed by atoms with E-state index in [0.29, 0.717) is 24.9 Å². The van der Waals surface area contributed by atoms with Gasteiger partial charge in [0.15, 0.2) is 0 Å². The summed E-state index contributed by atoms with van der Waals surface area (Å²) in [6, 6.07) is 2.92. The maximum Gasteiger partial charge on any atom is 0.262 e. The van der Waals surface area contributed by atoms with E-state index in [1.165, 1.54) is 4.90 Å². The SMILES string of the molecule is CC1CN(C(=O)c2cc(F)ccc2S(=O)(=O)Cl)CC1C. The lowest BCUT2D eigenvalue weighted by atomic mass is 10.0. The van der Waals surface area contributed by atoms with Crippen molar-refractivity contribution >= 4 is 25.6 Å². The zero-order valence-electron chi connectivity index (χ0n) is 11.1. The summed E-state index contributed by atoms with van der Waals surface area (Å²) >= 11 is 0. The van der Waals surface area contributed by atoms with Crippen LogP contribution in [0.1, 0.15) is 24.2 Å². The summed E-state index contributed by atoms with van der Waals surface area (Å²) < 4.78 is 36.3. The maximum absolute atomic E-state index is 13.3. The molecule has 20 heavy (non-hydrogen) atoms. The highest BCUT2D eigenvalue weighted by Gasteiger charge is 2.32. The summed E-state index contributed by atoms with van der Waals surface area (Å²) in [6.45, 7) is 5.09. The monoisotopic (exact) mass is 319 g/mol. The predicted octanol–water partition coefficient (Wildman–Crippen LogP) is 2.48. The van der Waals surface area contributed by atoms with Crippen molar-refractivity contribution in [3.8, 4) is 0 Å². The van der Waals surface area contributed by atoms with Crippen molar-refractivity contribution in [1.29, 1.82) is 0 Å². The molecule has 0 N–H and O–H groups in total. The summed E-state index contributed by atoms with van der Waals surface area (Å²) in [5.41, 5.74) is -0.207. The predicted molar refractivity (Wildman–Crippen MR) is 73.7 cm³/mol. The second-order valence-electron chi connectivity index (χ2n) is 5.24. The van der Waals surface area contributed by atoms with Gasteiger partial charge in [-0.1, -0.05) is 13.8 Å². The summed E-state index contributed by atoms with van der Waals surface area (Å²) in [6.07, 6.45) is 0. The number of likely N-dealkylation sites (tertiary alicyclic amines) is 1. The lowest BCUT2D eigenvalue weighted by Gasteiger charge is -2.17. The second kappa shape index (κ2) is 5.33. The van der Waals surface area contributed by atoms with Crippen molar-refractivity contribution in [3.05, 3.63) is 29.6 Å². The van der Waals surface area contributed by atoms with E-state index in [1.54, 1.807) is 0 Å². The van der Waals surface area contributed by atoms with Gasteiger partial charge in [0.2, 0.25) is 0 Å². The Morgan fingerprint density at radius 3 is 2.35 bits per heavy atom. The van der Waals surface area contributed by atoms with E-state index in [0.717, 1.165) is 18.2 Å². The largest absolute Gasteiger partial charge is 0.338 e. The fourth-order valence-electron chi connectivity index (χ4n) is 2.35. The van der Waals surface area contributed by atoms with Crippen molar-refractivity contribution in [3.63, 3.8) is 0 Å². The minimum absolute atomic E-state index is 0.207. The van der Waals surface area contributed by atoms with E-state index in [1.807, 2.05) is 13.8 Å². The molecule has 1 aliphatic rings. The summed E-state index contributed by atoms with van der Waals surface area (Å²) in [5.74, 6) is -0.523. The Labute approximate surface area is 121 Å². The number of carbonyl (C=O) groups is 1. The molecular weight excluding hydrogens is 305 g/mol. The first kappa shape index (κ1) is 15.3. The standard InChI is InChI=1S/C13H15ClFNO3S/c1-8-6-16(7-9(8)2)13(17)11-5-10(15)3-4-12(11)20(14,18)19/h3-5,8-9H,6-7H2,1-2H3. The molecule has 0 radical (unpaired) electrons. The van der Waals surface area contributed by atoms with Crippen LogP contribution in [0.4, 0.5) is 4.39 Å². The zero-order chi connectivity index (χ0) is 15.1. The Morgan fingerprint density at radius 2 is 1.85 bits per heavy atom. The van der Waals surface area contributed by atoms with E-state index in [2.05, 4.69) is 0 Å². The number of benzene rings is 1. The third-order valence-electron chi connectivity index (χ3n) is 3.71. The quantitative estimate of drug-likeness (QED) is 0.787. The number of rotatable bonds is 2. The molecule has 4 nitrogen and oxygen atoms in total. The third-order valence-corrected chi connectivity index (χ3v) is 5.09. The highest BCUT2D eigenvalue weighted by Crippen LogP contribution is 2.27. The van der Waals surface area contributed by atoms with Crippen LogP contribution < -0.4 is 0 Å². The second-order valence-corrected chi connectivity index (χ2v) is 7.78. The van der Waals surface area contributed by atoms with Gasteiger partial charge in [0.05, 0.1) is 10.5 Å². The summed E-state index contributed by atoms with van der Waals surface area (Å²) in [7, 11) is 1.21. The molecule has 1 amide bonds. The fraction of sp³-hybridized carbons (Fsp3) is 0.462. The van der Waals surface area contributed by atoms with Gasteiger partial charge in [-0.25, -0.2) is 12.8 Å². The first-order chi connectivity index (χ1) is 9.20. The number of hydrogen-bond donors (Lipinski definition) is 0. The molecule has 0 aromatic heterocycles. The summed E-state index contributed by atoms with van der Waals surface area (Å²) in [5, 5.41) is 0. The Hall–Kier alpha value is -1.14.